The van der Waals surface area contributed by atoms with Crippen LogP contribution in [0.5, 0.6) is 0 Å². The molecule has 2 amide bonds. The first-order chi connectivity index (χ1) is 7.25. The molecule has 0 aromatic carbocycles. The molecule has 0 atom stereocenters. The van der Waals surface area contributed by atoms with Crippen molar-refractivity contribution in [2.75, 3.05) is 38.5 Å². The van der Waals surface area contributed by atoms with Gasteiger partial charge in [-0.3, -0.25) is 5.32 Å². The molecule has 1 aliphatic heterocycles. The van der Waals surface area contributed by atoms with Crippen molar-refractivity contribution in [3.63, 3.8) is 0 Å². The van der Waals surface area contributed by atoms with E-state index in [0.29, 0.717) is 0 Å². The van der Waals surface area contributed by atoms with Crippen LogP contribution in [0, 0.1) is 0 Å². The summed E-state index contributed by atoms with van der Waals surface area (Å²) in [5.74, 6) is 0. The van der Waals surface area contributed by atoms with Crippen LogP contribution in [-0.2, 0) is 0 Å². The molecule has 1 aromatic rings. The van der Waals surface area contributed by atoms with Crippen LogP contribution in [-0.4, -0.2) is 49.1 Å². The van der Waals surface area contributed by atoms with Gasteiger partial charge in [-0.1, -0.05) is 0 Å². The van der Waals surface area contributed by atoms with E-state index in [4.69, 9.17) is 0 Å². The number of carbonyl (C=O) groups excluding carboxylic acids is 1. The smallest absolute Gasteiger partial charge is 0.322 e. The molecule has 2 rings (SSSR count). The van der Waals surface area contributed by atoms with Gasteiger partial charge in [0.15, 0.2) is 0 Å². The minimum Gasteiger partial charge on any atom is -0.322 e. The molecule has 1 fully saturated rings. The number of carbonyl (C=O) groups is 1. The SMILES string of the molecule is CN1CCN(C(=O)Nc2cccs2)CC1. The number of anilines is 1. The zero-order chi connectivity index (χ0) is 10.7. The van der Waals surface area contributed by atoms with E-state index in [1.165, 1.54) is 0 Å². The Kier molecular flexibility index (Phi) is 3.23. The van der Waals surface area contributed by atoms with Crippen LogP contribution in [0.25, 0.3) is 0 Å². The molecule has 1 aliphatic rings. The molecule has 0 radical (unpaired) electrons. The molecule has 1 saturated heterocycles. The zero-order valence-corrected chi connectivity index (χ0v) is 9.59. The lowest BCUT2D eigenvalue weighted by Crippen LogP contribution is -2.48. The molecule has 4 nitrogen and oxygen atoms in total. The number of nitrogens with one attached hydrogen (secondary N) is 1. The standard InChI is InChI=1S/C10H15N3OS/c1-12-4-6-13(7-5-12)10(14)11-9-3-2-8-15-9/h2-3,8H,4-7H2,1H3,(H,11,14). The van der Waals surface area contributed by atoms with Gasteiger partial charge in [0.2, 0.25) is 0 Å². The topological polar surface area (TPSA) is 35.6 Å². The van der Waals surface area contributed by atoms with Gasteiger partial charge < -0.3 is 9.80 Å². The molecule has 1 N–H and O–H groups in total. The van der Waals surface area contributed by atoms with Crippen molar-refractivity contribution in [2.24, 2.45) is 0 Å². The summed E-state index contributed by atoms with van der Waals surface area (Å²) in [4.78, 5) is 15.9. The molecular formula is C10H15N3OS. The summed E-state index contributed by atoms with van der Waals surface area (Å²) in [6.07, 6.45) is 0. The van der Waals surface area contributed by atoms with E-state index < -0.39 is 0 Å². The van der Waals surface area contributed by atoms with Crippen LogP contribution >= 0.6 is 11.3 Å². The summed E-state index contributed by atoms with van der Waals surface area (Å²) in [6, 6.07) is 3.87. The van der Waals surface area contributed by atoms with Crippen molar-refractivity contribution in [3.05, 3.63) is 17.5 Å². The zero-order valence-electron chi connectivity index (χ0n) is 8.77. The van der Waals surface area contributed by atoms with E-state index >= 15 is 0 Å². The molecule has 0 unspecified atom stereocenters. The summed E-state index contributed by atoms with van der Waals surface area (Å²) in [5, 5.41) is 5.77. The Morgan fingerprint density at radius 3 is 2.73 bits per heavy atom. The quantitative estimate of drug-likeness (QED) is 0.786. The first-order valence-electron chi connectivity index (χ1n) is 5.04. The molecule has 0 spiro atoms. The molecular weight excluding hydrogens is 210 g/mol. The van der Waals surface area contributed by atoms with Gasteiger partial charge in [0.25, 0.3) is 0 Å². The Balaban J connectivity index is 1.86. The first-order valence-corrected chi connectivity index (χ1v) is 5.91. The van der Waals surface area contributed by atoms with Gasteiger partial charge in [-0.25, -0.2) is 4.79 Å². The predicted molar refractivity (Wildman–Crippen MR) is 62.4 cm³/mol. The predicted octanol–water partition coefficient (Wildman–Crippen LogP) is 1.53. The van der Waals surface area contributed by atoms with E-state index in [-0.39, 0.29) is 6.03 Å². The van der Waals surface area contributed by atoms with Crippen molar-refractivity contribution in [1.82, 2.24) is 9.80 Å². The second-order valence-corrected chi connectivity index (χ2v) is 4.65. The van der Waals surface area contributed by atoms with E-state index in [2.05, 4.69) is 17.3 Å². The number of likely N-dealkylation sites (N-methyl/N-ethyl adjacent to an activating group) is 1. The van der Waals surface area contributed by atoms with Crippen molar-refractivity contribution >= 4 is 22.4 Å². The number of amides is 2. The van der Waals surface area contributed by atoms with Crippen LogP contribution < -0.4 is 5.32 Å². The van der Waals surface area contributed by atoms with Crippen LogP contribution in [0.1, 0.15) is 0 Å². The van der Waals surface area contributed by atoms with Crippen molar-refractivity contribution in [3.8, 4) is 0 Å². The molecule has 15 heavy (non-hydrogen) atoms. The second kappa shape index (κ2) is 4.63. The van der Waals surface area contributed by atoms with Crippen molar-refractivity contribution < 1.29 is 4.79 Å². The summed E-state index contributed by atoms with van der Waals surface area (Å²) in [6.45, 7) is 3.54. The fourth-order valence-electron chi connectivity index (χ4n) is 1.54. The number of thiophene rings is 1. The Hall–Kier alpha value is -1.07. The molecule has 0 aliphatic carbocycles. The first kappa shape index (κ1) is 10.4. The highest BCUT2D eigenvalue weighted by Gasteiger charge is 2.18. The summed E-state index contributed by atoms with van der Waals surface area (Å²) in [5.41, 5.74) is 0. The van der Waals surface area contributed by atoms with Crippen LogP contribution in [0.2, 0.25) is 0 Å². The maximum atomic E-state index is 11.8. The summed E-state index contributed by atoms with van der Waals surface area (Å²) < 4.78 is 0. The third-order valence-electron chi connectivity index (χ3n) is 2.54. The van der Waals surface area contributed by atoms with Gasteiger partial charge in [-0.05, 0) is 24.6 Å². The number of hydrogen-bond donors (Lipinski definition) is 1. The van der Waals surface area contributed by atoms with Crippen LogP contribution in [0.3, 0.4) is 0 Å². The number of rotatable bonds is 1. The molecule has 82 valence electrons. The van der Waals surface area contributed by atoms with Gasteiger partial charge in [-0.2, -0.15) is 0 Å². The van der Waals surface area contributed by atoms with E-state index in [1.807, 2.05) is 22.4 Å². The minimum atomic E-state index is 0.0190. The van der Waals surface area contributed by atoms with E-state index in [0.717, 1.165) is 31.2 Å². The van der Waals surface area contributed by atoms with Gasteiger partial charge in [0, 0.05) is 26.2 Å². The highest BCUT2D eigenvalue weighted by atomic mass is 32.1. The fraction of sp³-hybridized carbons (Fsp3) is 0.500. The van der Waals surface area contributed by atoms with E-state index in [1.54, 1.807) is 11.3 Å². The fourth-order valence-corrected chi connectivity index (χ4v) is 2.15. The normalized spacial score (nSPS) is 17.8. The number of piperazine rings is 1. The highest BCUT2D eigenvalue weighted by Crippen LogP contribution is 2.15. The Morgan fingerprint density at radius 1 is 1.40 bits per heavy atom. The summed E-state index contributed by atoms with van der Waals surface area (Å²) in [7, 11) is 2.08. The maximum Gasteiger partial charge on any atom is 0.322 e. The van der Waals surface area contributed by atoms with Gasteiger partial charge >= 0.3 is 6.03 Å². The van der Waals surface area contributed by atoms with E-state index in [9.17, 15) is 4.79 Å². The minimum absolute atomic E-state index is 0.0190. The molecule has 1 aromatic heterocycles. The Bertz CT molecular complexity index is 317. The van der Waals surface area contributed by atoms with Gasteiger partial charge in [0.05, 0.1) is 5.00 Å². The van der Waals surface area contributed by atoms with Gasteiger partial charge in [0.1, 0.15) is 0 Å². The number of urea groups is 1. The lowest BCUT2D eigenvalue weighted by atomic mass is 10.3. The third-order valence-corrected chi connectivity index (χ3v) is 3.33. The lowest BCUT2D eigenvalue weighted by Gasteiger charge is -2.32. The molecule has 5 heteroatoms. The molecule has 0 saturated carbocycles. The average molecular weight is 225 g/mol. The molecule has 0 bridgehead atoms. The monoisotopic (exact) mass is 225 g/mol. The van der Waals surface area contributed by atoms with Gasteiger partial charge in [-0.15, -0.1) is 11.3 Å². The summed E-state index contributed by atoms with van der Waals surface area (Å²) >= 11 is 1.55. The molecule has 2 heterocycles. The maximum absolute atomic E-state index is 11.8. The Morgan fingerprint density at radius 2 is 2.13 bits per heavy atom. The largest absolute Gasteiger partial charge is 0.322 e. The third kappa shape index (κ3) is 2.70. The average Bonchev–Trinajstić information content (AvgIpc) is 2.71. The van der Waals surface area contributed by atoms with Crippen molar-refractivity contribution in [2.45, 2.75) is 0 Å². The van der Waals surface area contributed by atoms with Crippen LogP contribution in [0.4, 0.5) is 9.80 Å². The highest BCUT2D eigenvalue weighted by molar-refractivity contribution is 7.14. The lowest BCUT2D eigenvalue weighted by molar-refractivity contribution is 0.164. The number of nitrogens with zero attached hydrogens (tertiary/aromatic N) is 2. The number of hydrogen-bond acceptors (Lipinski definition) is 3. The Labute approximate surface area is 93.5 Å². The van der Waals surface area contributed by atoms with Crippen LogP contribution in [0.15, 0.2) is 17.5 Å². The van der Waals surface area contributed by atoms with Crippen molar-refractivity contribution in [1.29, 1.82) is 0 Å². The second-order valence-electron chi connectivity index (χ2n) is 3.70.